The van der Waals surface area contributed by atoms with Crippen LogP contribution in [0, 0.1) is 11.5 Å². The van der Waals surface area contributed by atoms with E-state index in [9.17, 15) is 5.26 Å². The van der Waals surface area contributed by atoms with Crippen LogP contribution in [0.15, 0.2) is 48.9 Å². The third kappa shape index (κ3) is 3.47. The van der Waals surface area contributed by atoms with Gasteiger partial charge in [-0.2, -0.15) is 10.4 Å². The van der Waals surface area contributed by atoms with E-state index in [1.165, 1.54) is 12.5 Å². The summed E-state index contributed by atoms with van der Waals surface area (Å²) < 4.78 is 7.73. The van der Waals surface area contributed by atoms with Crippen LogP contribution in [-0.4, -0.2) is 41.7 Å². The van der Waals surface area contributed by atoms with Crippen molar-refractivity contribution in [2.45, 2.75) is 37.3 Å². The van der Waals surface area contributed by atoms with Crippen LogP contribution in [0.25, 0.3) is 22.3 Å². The summed E-state index contributed by atoms with van der Waals surface area (Å²) in [6, 6.07) is 11.0. The molecule has 1 aliphatic heterocycles. The summed E-state index contributed by atoms with van der Waals surface area (Å²) in [4.78, 5) is 14.8. The van der Waals surface area contributed by atoms with E-state index in [2.05, 4.69) is 21.1 Å². The molecule has 1 aliphatic carbocycles. The van der Waals surface area contributed by atoms with Crippen LogP contribution in [-0.2, 0) is 0 Å². The number of benzene rings is 1. The van der Waals surface area contributed by atoms with Crippen molar-refractivity contribution in [1.82, 2.24) is 29.6 Å². The number of piperidine rings is 1. The largest absolute Gasteiger partial charge is 0.439 e. The predicted octanol–water partition coefficient (Wildman–Crippen LogP) is 4.57. The number of fused-ring (bicyclic) bond motifs is 1. The fourth-order valence-corrected chi connectivity index (χ4v) is 4.86. The summed E-state index contributed by atoms with van der Waals surface area (Å²) in [5.41, 5.74) is 8.61. The van der Waals surface area contributed by atoms with Crippen LogP contribution < -0.4 is 10.5 Å². The number of likely N-dealkylation sites (tertiary alicyclic amines) is 1. The van der Waals surface area contributed by atoms with Gasteiger partial charge < -0.3 is 15.4 Å². The zero-order valence-corrected chi connectivity index (χ0v) is 19.0. The maximum atomic E-state index is 9.69. The number of ether oxygens (including phenoxy) is 1. The fourth-order valence-electron chi connectivity index (χ4n) is 4.75. The molecular formula is C24H21ClN8O. The van der Waals surface area contributed by atoms with Crippen LogP contribution >= 0.6 is 11.6 Å². The number of pyridine rings is 1. The predicted molar refractivity (Wildman–Crippen MR) is 127 cm³/mol. The summed E-state index contributed by atoms with van der Waals surface area (Å²) in [7, 11) is 0. The second kappa shape index (κ2) is 7.85. The Morgan fingerprint density at radius 2 is 1.91 bits per heavy atom. The molecule has 170 valence electrons. The highest BCUT2D eigenvalue weighted by molar-refractivity contribution is 6.30. The molecule has 10 heteroatoms. The van der Waals surface area contributed by atoms with Crippen LogP contribution in [0.3, 0.4) is 0 Å². The Balaban J connectivity index is 1.34. The highest BCUT2D eigenvalue weighted by atomic mass is 35.5. The molecule has 6 rings (SSSR count). The van der Waals surface area contributed by atoms with E-state index in [1.54, 1.807) is 12.1 Å². The fraction of sp³-hybridized carbons (Fsp3) is 0.292. The summed E-state index contributed by atoms with van der Waals surface area (Å²) in [5, 5.41) is 15.9. The molecule has 0 unspecified atom stereocenters. The second-order valence-corrected chi connectivity index (χ2v) is 9.26. The molecule has 9 nitrogen and oxygen atoms in total. The minimum Gasteiger partial charge on any atom is -0.439 e. The molecule has 1 spiro atoms. The Kier molecular flexibility index (Phi) is 4.78. The maximum Gasteiger partial charge on any atom is 0.219 e. The topological polar surface area (TPSA) is 119 Å². The number of hydrogen-bond donors (Lipinski definition) is 1. The van der Waals surface area contributed by atoms with Gasteiger partial charge in [0.15, 0.2) is 11.8 Å². The van der Waals surface area contributed by atoms with Gasteiger partial charge in [0.05, 0.1) is 28.5 Å². The first kappa shape index (κ1) is 20.7. The lowest BCUT2D eigenvalue weighted by Crippen LogP contribution is -2.43. The highest BCUT2D eigenvalue weighted by Crippen LogP contribution is 2.50. The number of nitrogens with zero attached hydrogens (tertiary/aromatic N) is 7. The number of anilines is 1. The first-order chi connectivity index (χ1) is 16.6. The first-order valence-electron chi connectivity index (χ1n) is 11.1. The summed E-state index contributed by atoms with van der Waals surface area (Å²) >= 11 is 5.89. The van der Waals surface area contributed by atoms with E-state index >= 15 is 0 Å². The molecule has 1 saturated heterocycles. The van der Waals surface area contributed by atoms with E-state index in [0.29, 0.717) is 45.7 Å². The van der Waals surface area contributed by atoms with Crippen molar-refractivity contribution in [3.63, 3.8) is 0 Å². The number of aromatic nitrogens is 5. The maximum absolute atomic E-state index is 9.69. The van der Waals surface area contributed by atoms with Gasteiger partial charge in [-0.15, -0.1) is 0 Å². The monoisotopic (exact) mass is 472 g/mol. The Hall–Kier alpha value is -3.90. The molecule has 1 saturated carbocycles. The van der Waals surface area contributed by atoms with Gasteiger partial charge >= 0.3 is 0 Å². The van der Waals surface area contributed by atoms with Crippen LogP contribution in [0.2, 0.25) is 5.02 Å². The second-order valence-electron chi connectivity index (χ2n) is 8.82. The van der Waals surface area contributed by atoms with E-state index in [0.717, 1.165) is 31.2 Å². The summed E-state index contributed by atoms with van der Waals surface area (Å²) in [6.45, 7) is 0.623. The molecule has 3 aromatic heterocycles. The third-order valence-corrected chi connectivity index (χ3v) is 6.99. The van der Waals surface area contributed by atoms with Crippen molar-refractivity contribution in [2.75, 3.05) is 12.3 Å². The normalized spacial score (nSPS) is 18.7. The first-order valence-corrected chi connectivity index (χ1v) is 11.5. The van der Waals surface area contributed by atoms with Crippen molar-refractivity contribution in [2.24, 2.45) is 0 Å². The molecule has 0 radical (unpaired) electrons. The van der Waals surface area contributed by atoms with Crippen molar-refractivity contribution in [1.29, 1.82) is 5.26 Å². The molecule has 2 N–H and O–H groups in total. The number of hydrogen-bond acceptors (Lipinski definition) is 8. The molecule has 1 atom stereocenters. The molecule has 4 heterocycles. The zero-order valence-electron chi connectivity index (χ0n) is 18.2. The lowest BCUT2D eigenvalue weighted by molar-refractivity contribution is 0.151. The van der Waals surface area contributed by atoms with Gasteiger partial charge in [0, 0.05) is 17.8 Å². The van der Waals surface area contributed by atoms with E-state index in [1.807, 2.05) is 33.8 Å². The van der Waals surface area contributed by atoms with Gasteiger partial charge in [-0.3, -0.25) is 0 Å². The molecular weight excluding hydrogens is 452 g/mol. The Labute approximate surface area is 200 Å². The quantitative estimate of drug-likeness (QED) is 0.429. The minimum atomic E-state index is 0.0370. The lowest BCUT2D eigenvalue weighted by atomic mass is 9.97. The zero-order chi connectivity index (χ0) is 23.3. The van der Waals surface area contributed by atoms with Crippen LogP contribution in [0.4, 0.5) is 5.82 Å². The standard InChI is InChI=1S/C24H21ClN8O/c25-16-3-6-19(28-11-16)34-18-4-1-15(2-5-18)21-20-22(27)29-14-30-23(20)33(31-21)17-7-8-24(9-10-24)32(12-17)13-26/h1-6,11,14,17H,7-10,12H2,(H2,27,29,30)/t17-/m0/s1. The van der Waals surface area contributed by atoms with Crippen molar-refractivity contribution >= 4 is 28.5 Å². The van der Waals surface area contributed by atoms with Crippen molar-refractivity contribution in [3.05, 3.63) is 53.9 Å². The molecule has 2 fully saturated rings. The average Bonchev–Trinajstić information content (AvgIpc) is 3.52. The minimum absolute atomic E-state index is 0.0370. The lowest BCUT2D eigenvalue weighted by Gasteiger charge is -2.36. The summed E-state index contributed by atoms with van der Waals surface area (Å²) in [6.07, 6.45) is 9.50. The average molecular weight is 473 g/mol. The summed E-state index contributed by atoms with van der Waals surface area (Å²) in [5.74, 6) is 1.47. The molecule has 4 aromatic rings. The Morgan fingerprint density at radius 1 is 1.09 bits per heavy atom. The van der Waals surface area contributed by atoms with Gasteiger partial charge in [-0.05, 0) is 56.0 Å². The van der Waals surface area contributed by atoms with Gasteiger partial charge in [-0.25, -0.2) is 19.6 Å². The van der Waals surface area contributed by atoms with E-state index in [-0.39, 0.29) is 11.6 Å². The Bertz CT molecular complexity index is 1410. The number of nitrogens with two attached hydrogens (primary N) is 1. The molecule has 34 heavy (non-hydrogen) atoms. The number of rotatable bonds is 4. The van der Waals surface area contributed by atoms with E-state index in [4.69, 9.17) is 27.2 Å². The van der Waals surface area contributed by atoms with Crippen molar-refractivity contribution < 1.29 is 4.74 Å². The number of halogens is 1. The third-order valence-electron chi connectivity index (χ3n) is 6.77. The molecule has 2 aliphatic rings. The molecule has 1 aromatic carbocycles. The SMILES string of the molecule is N#CN1C[C@@H](n2nc(-c3ccc(Oc4ccc(Cl)cn4)cc3)c3c(N)ncnc32)CCC12CC2. The van der Waals surface area contributed by atoms with Gasteiger partial charge in [-0.1, -0.05) is 11.6 Å². The molecule has 0 bridgehead atoms. The van der Waals surface area contributed by atoms with Crippen LogP contribution in [0.1, 0.15) is 31.7 Å². The number of nitrogen functional groups attached to an aromatic ring is 1. The van der Waals surface area contributed by atoms with Gasteiger partial charge in [0.2, 0.25) is 5.88 Å². The highest BCUT2D eigenvalue weighted by Gasteiger charge is 2.51. The molecule has 0 amide bonds. The smallest absolute Gasteiger partial charge is 0.219 e. The number of nitriles is 1. The van der Waals surface area contributed by atoms with Crippen LogP contribution in [0.5, 0.6) is 11.6 Å². The Morgan fingerprint density at radius 3 is 2.62 bits per heavy atom. The van der Waals surface area contributed by atoms with Crippen molar-refractivity contribution in [3.8, 4) is 29.1 Å². The van der Waals surface area contributed by atoms with E-state index < -0.39 is 0 Å². The van der Waals surface area contributed by atoms with Gasteiger partial charge in [0.1, 0.15) is 23.6 Å². The van der Waals surface area contributed by atoms with Gasteiger partial charge in [0.25, 0.3) is 0 Å².